The second-order valence-corrected chi connectivity index (χ2v) is 8.63. The summed E-state index contributed by atoms with van der Waals surface area (Å²) in [5.41, 5.74) is 1.79. The van der Waals surface area contributed by atoms with Gasteiger partial charge >= 0.3 is 0 Å². The van der Waals surface area contributed by atoms with Crippen molar-refractivity contribution in [3.63, 3.8) is 0 Å². The smallest absolute Gasteiger partial charge is 0.191 e. The first kappa shape index (κ1) is 16.9. The first-order valence-corrected chi connectivity index (χ1v) is 9.71. The van der Waals surface area contributed by atoms with E-state index in [9.17, 15) is 0 Å². The fourth-order valence-corrected chi connectivity index (χ4v) is 5.09. The van der Waals surface area contributed by atoms with E-state index in [2.05, 4.69) is 59.8 Å². The molecule has 4 rings (SSSR count). The highest BCUT2D eigenvalue weighted by Gasteiger charge is 2.66. The largest absolute Gasteiger partial charge is 0.377 e. The van der Waals surface area contributed by atoms with Crippen LogP contribution in [0.5, 0.6) is 0 Å². The Labute approximate surface area is 151 Å². The number of guanidine groups is 1. The normalized spacial score (nSPS) is 30.4. The van der Waals surface area contributed by atoms with Gasteiger partial charge in [-0.2, -0.15) is 0 Å². The number of rotatable bonds is 4. The number of nitrogens with zero attached hydrogens (tertiary/aromatic N) is 1. The second-order valence-electron chi connectivity index (χ2n) is 8.63. The number of fused-ring (bicyclic) bond motifs is 2. The Kier molecular flexibility index (Phi) is 4.27. The number of nitrogens with one attached hydrogen (secondary N) is 2. The van der Waals surface area contributed by atoms with Crippen LogP contribution in [0, 0.1) is 11.3 Å². The lowest BCUT2D eigenvalue weighted by atomic mass is 9.46. The van der Waals surface area contributed by atoms with Crippen molar-refractivity contribution in [2.24, 2.45) is 16.3 Å². The lowest BCUT2D eigenvalue weighted by Crippen LogP contribution is -2.72. The summed E-state index contributed by atoms with van der Waals surface area (Å²) in [5, 5.41) is 7.32. The summed E-state index contributed by atoms with van der Waals surface area (Å²) in [5.74, 6) is 1.60. The minimum absolute atomic E-state index is 0.0612. The zero-order valence-electron chi connectivity index (χ0n) is 15.7. The van der Waals surface area contributed by atoms with Crippen LogP contribution >= 0.6 is 0 Å². The summed E-state index contributed by atoms with van der Waals surface area (Å²) in [6, 6.07) is 11.2. The average Bonchev–Trinajstić information content (AvgIpc) is 2.99. The summed E-state index contributed by atoms with van der Waals surface area (Å²) in [4.78, 5) is 4.50. The van der Waals surface area contributed by atoms with Crippen molar-refractivity contribution in [1.29, 1.82) is 0 Å². The molecule has 1 aromatic carbocycles. The average molecular weight is 341 g/mol. The Balaban J connectivity index is 1.39. The van der Waals surface area contributed by atoms with Crippen molar-refractivity contribution in [1.82, 2.24) is 10.6 Å². The van der Waals surface area contributed by atoms with E-state index >= 15 is 0 Å². The van der Waals surface area contributed by atoms with Crippen LogP contribution in [0.25, 0.3) is 0 Å². The Morgan fingerprint density at radius 2 is 2.04 bits per heavy atom. The zero-order valence-corrected chi connectivity index (χ0v) is 15.7. The molecule has 1 aromatic rings. The topological polar surface area (TPSA) is 45.7 Å². The summed E-state index contributed by atoms with van der Waals surface area (Å²) in [6.45, 7) is 6.35. The van der Waals surface area contributed by atoms with Crippen LogP contribution < -0.4 is 10.6 Å². The SMILES string of the molecule is CN=C(NCC(C)(C)c1ccccc1)NC1C2CCOC2C12CCC2. The number of hydrogen-bond acceptors (Lipinski definition) is 2. The van der Waals surface area contributed by atoms with E-state index in [-0.39, 0.29) is 5.41 Å². The third-order valence-electron chi connectivity index (χ3n) is 6.80. The lowest BCUT2D eigenvalue weighted by Gasteiger charge is -2.63. The van der Waals surface area contributed by atoms with Gasteiger partial charge in [0.1, 0.15) is 0 Å². The highest BCUT2D eigenvalue weighted by atomic mass is 16.5. The summed E-state index contributed by atoms with van der Waals surface area (Å²) >= 11 is 0. The maximum Gasteiger partial charge on any atom is 0.191 e. The molecule has 3 unspecified atom stereocenters. The molecule has 1 heterocycles. The van der Waals surface area contributed by atoms with Crippen LogP contribution in [0.2, 0.25) is 0 Å². The van der Waals surface area contributed by atoms with Crippen LogP contribution in [0.4, 0.5) is 0 Å². The van der Waals surface area contributed by atoms with Crippen molar-refractivity contribution in [2.45, 2.75) is 57.1 Å². The highest BCUT2D eigenvalue weighted by Crippen LogP contribution is 2.62. The predicted octanol–water partition coefficient (Wildman–Crippen LogP) is 3.09. The van der Waals surface area contributed by atoms with Gasteiger partial charge in [0.25, 0.3) is 0 Å². The fraction of sp³-hybridized carbons (Fsp3) is 0.667. The molecule has 136 valence electrons. The van der Waals surface area contributed by atoms with Crippen molar-refractivity contribution < 1.29 is 4.74 Å². The Morgan fingerprint density at radius 1 is 1.28 bits per heavy atom. The van der Waals surface area contributed by atoms with Gasteiger partial charge in [-0.3, -0.25) is 4.99 Å². The third kappa shape index (κ3) is 2.75. The van der Waals surface area contributed by atoms with Gasteiger partial charge in [0.15, 0.2) is 5.96 Å². The van der Waals surface area contributed by atoms with Crippen molar-refractivity contribution in [3.05, 3.63) is 35.9 Å². The van der Waals surface area contributed by atoms with Gasteiger partial charge < -0.3 is 15.4 Å². The molecule has 1 aliphatic heterocycles. The third-order valence-corrected chi connectivity index (χ3v) is 6.80. The van der Waals surface area contributed by atoms with E-state index in [0.29, 0.717) is 23.5 Å². The molecular formula is C21H31N3O. The molecule has 4 nitrogen and oxygen atoms in total. The second kappa shape index (κ2) is 6.31. The van der Waals surface area contributed by atoms with E-state index in [1.807, 2.05) is 7.05 Å². The quantitative estimate of drug-likeness (QED) is 0.653. The van der Waals surface area contributed by atoms with Gasteiger partial charge in [0, 0.05) is 43.0 Å². The van der Waals surface area contributed by atoms with Crippen molar-refractivity contribution in [2.75, 3.05) is 20.2 Å². The molecule has 0 radical (unpaired) electrons. The highest BCUT2D eigenvalue weighted by molar-refractivity contribution is 5.80. The minimum Gasteiger partial charge on any atom is -0.377 e. The predicted molar refractivity (Wildman–Crippen MR) is 102 cm³/mol. The summed E-state index contributed by atoms with van der Waals surface area (Å²) in [7, 11) is 1.87. The van der Waals surface area contributed by atoms with Crippen LogP contribution in [0.15, 0.2) is 35.3 Å². The number of benzene rings is 1. The first-order valence-electron chi connectivity index (χ1n) is 9.71. The van der Waals surface area contributed by atoms with Gasteiger partial charge in [0.05, 0.1) is 6.10 Å². The fourth-order valence-electron chi connectivity index (χ4n) is 5.09. The van der Waals surface area contributed by atoms with Crippen LogP contribution in [0.3, 0.4) is 0 Å². The van der Waals surface area contributed by atoms with Gasteiger partial charge in [-0.25, -0.2) is 0 Å². The van der Waals surface area contributed by atoms with Gasteiger partial charge in [0.2, 0.25) is 0 Å². The van der Waals surface area contributed by atoms with Crippen molar-refractivity contribution >= 4 is 5.96 Å². The molecule has 25 heavy (non-hydrogen) atoms. The molecule has 1 saturated heterocycles. The Morgan fingerprint density at radius 3 is 2.68 bits per heavy atom. The Hall–Kier alpha value is -1.55. The molecule has 3 atom stereocenters. The van der Waals surface area contributed by atoms with E-state index in [1.165, 1.54) is 31.2 Å². The van der Waals surface area contributed by atoms with Gasteiger partial charge in [-0.15, -0.1) is 0 Å². The first-order chi connectivity index (χ1) is 12.1. The van der Waals surface area contributed by atoms with E-state index in [4.69, 9.17) is 4.74 Å². The summed E-state index contributed by atoms with van der Waals surface area (Å²) in [6.07, 6.45) is 5.64. The van der Waals surface area contributed by atoms with E-state index in [0.717, 1.165) is 19.1 Å². The summed E-state index contributed by atoms with van der Waals surface area (Å²) < 4.78 is 6.03. The number of ether oxygens (including phenoxy) is 1. The monoisotopic (exact) mass is 341 g/mol. The van der Waals surface area contributed by atoms with Gasteiger partial charge in [-0.1, -0.05) is 50.6 Å². The standard InChI is InChI=1S/C21H31N3O/c1-20(2,15-8-5-4-6-9-15)14-23-19(22-3)24-17-16-10-13-25-18(16)21(17)11-7-12-21/h4-6,8-9,16-18H,7,10-14H2,1-3H3,(H2,22,23,24). The Bertz CT molecular complexity index is 636. The van der Waals surface area contributed by atoms with Crippen molar-refractivity contribution in [3.8, 4) is 0 Å². The van der Waals surface area contributed by atoms with Crippen LogP contribution in [-0.2, 0) is 10.2 Å². The molecule has 0 amide bonds. The van der Waals surface area contributed by atoms with E-state index in [1.54, 1.807) is 0 Å². The minimum atomic E-state index is 0.0612. The maximum atomic E-state index is 6.03. The maximum absolute atomic E-state index is 6.03. The molecule has 0 aromatic heterocycles. The van der Waals surface area contributed by atoms with Crippen LogP contribution in [-0.4, -0.2) is 38.3 Å². The molecule has 4 heteroatoms. The van der Waals surface area contributed by atoms with Gasteiger partial charge in [-0.05, 0) is 24.8 Å². The molecular weight excluding hydrogens is 310 g/mol. The molecule has 2 saturated carbocycles. The van der Waals surface area contributed by atoms with E-state index < -0.39 is 0 Å². The van der Waals surface area contributed by atoms with Crippen LogP contribution in [0.1, 0.15) is 45.1 Å². The molecule has 2 aliphatic carbocycles. The molecule has 1 spiro atoms. The molecule has 2 N–H and O–H groups in total. The lowest BCUT2D eigenvalue weighted by molar-refractivity contribution is -0.171. The number of aliphatic imine (C=N–C) groups is 1. The zero-order chi connectivity index (χ0) is 17.5. The number of hydrogen-bond donors (Lipinski definition) is 2. The molecule has 3 fully saturated rings. The molecule has 0 bridgehead atoms. The molecule has 3 aliphatic rings.